The molecule has 0 radical (unpaired) electrons. The monoisotopic (exact) mass is 242 g/mol. The third-order valence-corrected chi connectivity index (χ3v) is 3.48. The van der Waals surface area contributed by atoms with Crippen molar-refractivity contribution in [3.63, 3.8) is 0 Å². The molecule has 0 spiro atoms. The summed E-state index contributed by atoms with van der Waals surface area (Å²) in [6.45, 7) is 2.60. The van der Waals surface area contributed by atoms with Crippen molar-refractivity contribution in [3.8, 4) is 0 Å². The number of para-hydroxylation sites is 1. The van der Waals surface area contributed by atoms with Crippen LogP contribution in [0.3, 0.4) is 0 Å². The number of nitrogens with one attached hydrogen (secondary N) is 1. The maximum Gasteiger partial charge on any atom is 0.0724 e. The fourth-order valence-electron chi connectivity index (χ4n) is 2.49. The largest absolute Gasteiger partial charge is 0.375 e. The number of nitrogens with zero attached hydrogens (tertiary/aromatic N) is 1. The van der Waals surface area contributed by atoms with Crippen LogP contribution in [0.15, 0.2) is 36.5 Å². The quantitative estimate of drug-likeness (QED) is 0.894. The average molecular weight is 242 g/mol. The van der Waals surface area contributed by atoms with Crippen LogP contribution >= 0.6 is 0 Å². The maximum absolute atomic E-state index is 5.82. The number of ether oxygens (including phenoxy) is 1. The fourth-order valence-corrected chi connectivity index (χ4v) is 2.49. The molecule has 1 fully saturated rings. The summed E-state index contributed by atoms with van der Waals surface area (Å²) >= 11 is 0. The molecule has 1 atom stereocenters. The number of aromatic nitrogens is 1. The van der Waals surface area contributed by atoms with Crippen molar-refractivity contribution >= 4 is 10.9 Å². The number of pyridine rings is 1. The summed E-state index contributed by atoms with van der Waals surface area (Å²) in [5.74, 6) is 0. The van der Waals surface area contributed by atoms with E-state index in [1.165, 1.54) is 23.8 Å². The SMILES string of the molecule is c1ccc2c(COCC3CCCN3)ccnc2c1. The van der Waals surface area contributed by atoms with Crippen molar-refractivity contribution in [1.82, 2.24) is 10.3 Å². The Balaban J connectivity index is 1.66. The first-order valence-electron chi connectivity index (χ1n) is 6.57. The van der Waals surface area contributed by atoms with Crippen LogP contribution in [0.5, 0.6) is 0 Å². The summed E-state index contributed by atoms with van der Waals surface area (Å²) in [7, 11) is 0. The first-order chi connectivity index (χ1) is 8.93. The van der Waals surface area contributed by atoms with Crippen LogP contribution in [0.4, 0.5) is 0 Å². The second-order valence-electron chi connectivity index (χ2n) is 4.80. The van der Waals surface area contributed by atoms with E-state index in [1.807, 2.05) is 30.5 Å². The van der Waals surface area contributed by atoms with Crippen LogP contribution in [0.25, 0.3) is 10.9 Å². The van der Waals surface area contributed by atoms with Crippen molar-refractivity contribution < 1.29 is 4.74 Å². The van der Waals surface area contributed by atoms with Gasteiger partial charge in [-0.25, -0.2) is 0 Å². The van der Waals surface area contributed by atoms with Gasteiger partial charge in [0.2, 0.25) is 0 Å². The molecule has 1 N–H and O–H groups in total. The highest BCUT2D eigenvalue weighted by Gasteiger charge is 2.13. The van der Waals surface area contributed by atoms with E-state index in [9.17, 15) is 0 Å². The Hall–Kier alpha value is -1.45. The number of fused-ring (bicyclic) bond motifs is 1. The zero-order chi connectivity index (χ0) is 12.2. The maximum atomic E-state index is 5.82. The molecule has 3 rings (SSSR count). The fraction of sp³-hybridized carbons (Fsp3) is 0.400. The van der Waals surface area contributed by atoms with E-state index in [-0.39, 0.29) is 0 Å². The molecule has 0 saturated carbocycles. The third kappa shape index (κ3) is 2.52. The molecule has 2 aromatic rings. The van der Waals surface area contributed by atoms with Gasteiger partial charge in [0.1, 0.15) is 0 Å². The molecular weight excluding hydrogens is 224 g/mol. The highest BCUT2D eigenvalue weighted by Crippen LogP contribution is 2.17. The molecule has 94 valence electrons. The van der Waals surface area contributed by atoms with E-state index >= 15 is 0 Å². The lowest BCUT2D eigenvalue weighted by molar-refractivity contribution is 0.104. The van der Waals surface area contributed by atoms with Crippen LogP contribution < -0.4 is 5.32 Å². The minimum absolute atomic E-state index is 0.540. The zero-order valence-electron chi connectivity index (χ0n) is 10.4. The van der Waals surface area contributed by atoms with Crippen LogP contribution in [-0.2, 0) is 11.3 Å². The molecule has 0 bridgehead atoms. The lowest BCUT2D eigenvalue weighted by Gasteiger charge is -2.11. The van der Waals surface area contributed by atoms with Crippen LogP contribution in [-0.4, -0.2) is 24.2 Å². The molecule has 0 amide bonds. The van der Waals surface area contributed by atoms with Gasteiger partial charge in [0.15, 0.2) is 0 Å². The van der Waals surface area contributed by atoms with Gasteiger partial charge in [0, 0.05) is 17.6 Å². The Morgan fingerprint density at radius 3 is 3.11 bits per heavy atom. The van der Waals surface area contributed by atoms with Crippen LogP contribution in [0.2, 0.25) is 0 Å². The van der Waals surface area contributed by atoms with Crippen molar-refractivity contribution in [1.29, 1.82) is 0 Å². The Morgan fingerprint density at radius 1 is 1.28 bits per heavy atom. The first kappa shape index (κ1) is 11.6. The minimum Gasteiger partial charge on any atom is -0.375 e. The lowest BCUT2D eigenvalue weighted by atomic mass is 10.1. The second kappa shape index (κ2) is 5.46. The summed E-state index contributed by atoms with van der Waals surface area (Å²) in [4.78, 5) is 4.36. The van der Waals surface area contributed by atoms with Crippen LogP contribution in [0, 0.1) is 0 Å². The number of rotatable bonds is 4. The molecule has 2 heterocycles. The second-order valence-corrected chi connectivity index (χ2v) is 4.80. The topological polar surface area (TPSA) is 34.1 Å². The van der Waals surface area contributed by atoms with E-state index in [1.54, 1.807) is 0 Å². The highest BCUT2D eigenvalue weighted by atomic mass is 16.5. The summed E-state index contributed by atoms with van der Waals surface area (Å²) < 4.78 is 5.82. The molecule has 1 unspecified atom stereocenters. The average Bonchev–Trinajstić information content (AvgIpc) is 2.92. The van der Waals surface area contributed by atoms with Crippen molar-refractivity contribution in [2.24, 2.45) is 0 Å². The Kier molecular flexibility index (Phi) is 3.53. The molecule has 0 aliphatic carbocycles. The summed E-state index contributed by atoms with van der Waals surface area (Å²) in [5, 5.41) is 4.64. The molecule has 3 nitrogen and oxygen atoms in total. The van der Waals surface area contributed by atoms with E-state index in [2.05, 4.69) is 16.4 Å². The highest BCUT2D eigenvalue weighted by molar-refractivity contribution is 5.81. The molecule has 3 heteroatoms. The van der Waals surface area contributed by atoms with E-state index < -0.39 is 0 Å². The molecule has 1 aliphatic heterocycles. The molecule has 1 saturated heterocycles. The molecule has 1 aromatic carbocycles. The van der Waals surface area contributed by atoms with Crippen molar-refractivity contribution in [3.05, 3.63) is 42.1 Å². The van der Waals surface area contributed by atoms with Crippen LogP contribution in [0.1, 0.15) is 18.4 Å². The van der Waals surface area contributed by atoms with Gasteiger partial charge in [-0.3, -0.25) is 4.98 Å². The van der Waals surface area contributed by atoms with Gasteiger partial charge in [-0.2, -0.15) is 0 Å². The van der Waals surface area contributed by atoms with Crippen molar-refractivity contribution in [2.75, 3.05) is 13.2 Å². The molecule has 1 aliphatic rings. The third-order valence-electron chi connectivity index (χ3n) is 3.48. The minimum atomic E-state index is 0.540. The number of hydrogen-bond acceptors (Lipinski definition) is 3. The van der Waals surface area contributed by atoms with Gasteiger partial charge in [-0.15, -0.1) is 0 Å². The van der Waals surface area contributed by atoms with E-state index in [0.717, 1.165) is 18.7 Å². The molecule has 18 heavy (non-hydrogen) atoms. The first-order valence-corrected chi connectivity index (χ1v) is 6.57. The smallest absolute Gasteiger partial charge is 0.0724 e. The predicted octanol–water partition coefficient (Wildman–Crippen LogP) is 2.50. The predicted molar refractivity (Wildman–Crippen MR) is 72.4 cm³/mol. The van der Waals surface area contributed by atoms with Gasteiger partial charge in [-0.1, -0.05) is 18.2 Å². The summed E-state index contributed by atoms with van der Waals surface area (Å²) in [5.41, 5.74) is 2.26. The number of hydrogen-bond donors (Lipinski definition) is 1. The zero-order valence-corrected chi connectivity index (χ0v) is 10.4. The van der Waals surface area contributed by atoms with E-state index in [4.69, 9.17) is 4.74 Å². The van der Waals surface area contributed by atoms with Gasteiger partial charge in [0.05, 0.1) is 18.7 Å². The van der Waals surface area contributed by atoms with E-state index in [0.29, 0.717) is 12.6 Å². The standard InChI is InChI=1S/C15H18N2O/c1-2-6-15-14(5-1)12(7-9-17-15)10-18-11-13-4-3-8-16-13/h1-2,5-7,9,13,16H,3-4,8,10-11H2. The summed E-state index contributed by atoms with van der Waals surface area (Å²) in [6.07, 6.45) is 4.36. The molecule has 1 aromatic heterocycles. The molecular formula is C15H18N2O. The normalized spacial score (nSPS) is 19.4. The summed E-state index contributed by atoms with van der Waals surface area (Å²) in [6, 6.07) is 10.8. The van der Waals surface area contributed by atoms with Gasteiger partial charge < -0.3 is 10.1 Å². The van der Waals surface area contributed by atoms with Gasteiger partial charge >= 0.3 is 0 Å². The van der Waals surface area contributed by atoms with Gasteiger partial charge in [-0.05, 0) is 37.1 Å². The van der Waals surface area contributed by atoms with Gasteiger partial charge in [0.25, 0.3) is 0 Å². The lowest BCUT2D eigenvalue weighted by Crippen LogP contribution is -2.26. The Bertz CT molecular complexity index is 515. The van der Waals surface area contributed by atoms with Crippen molar-refractivity contribution in [2.45, 2.75) is 25.5 Å². The Morgan fingerprint density at radius 2 is 2.22 bits per heavy atom. The number of benzene rings is 1. The Labute approximate surface area is 107 Å².